The first-order chi connectivity index (χ1) is 12.9. The monoisotopic (exact) mass is 371 g/mol. The van der Waals surface area contributed by atoms with Gasteiger partial charge >= 0.3 is 0 Å². The molecule has 2 atom stereocenters. The summed E-state index contributed by atoms with van der Waals surface area (Å²) in [4.78, 5) is 12.7. The molecular weight excluding hydrogens is 342 g/mol. The first kappa shape index (κ1) is 20.6. The molecular formula is C22H29NO4. The molecule has 0 aliphatic heterocycles. The molecule has 0 radical (unpaired) electrons. The Hall–Kier alpha value is -2.69. The third-order valence-electron chi connectivity index (χ3n) is 4.76. The quantitative estimate of drug-likeness (QED) is 0.749. The number of rotatable bonds is 8. The van der Waals surface area contributed by atoms with Crippen LogP contribution in [0.4, 0.5) is 0 Å². The van der Waals surface area contributed by atoms with Crippen LogP contribution in [0.3, 0.4) is 0 Å². The van der Waals surface area contributed by atoms with Gasteiger partial charge in [0.2, 0.25) is 0 Å². The van der Waals surface area contributed by atoms with Crippen molar-refractivity contribution in [3.63, 3.8) is 0 Å². The highest BCUT2D eigenvalue weighted by atomic mass is 16.5. The van der Waals surface area contributed by atoms with Crippen molar-refractivity contribution in [1.82, 2.24) is 5.32 Å². The van der Waals surface area contributed by atoms with Crippen LogP contribution in [-0.2, 0) is 4.79 Å². The van der Waals surface area contributed by atoms with Crippen LogP contribution in [0.2, 0.25) is 0 Å². The molecule has 0 aliphatic rings. The van der Waals surface area contributed by atoms with Gasteiger partial charge in [-0.15, -0.1) is 0 Å². The predicted octanol–water partition coefficient (Wildman–Crippen LogP) is 4.36. The van der Waals surface area contributed by atoms with E-state index >= 15 is 0 Å². The maximum absolute atomic E-state index is 12.7. The van der Waals surface area contributed by atoms with E-state index in [2.05, 4.69) is 5.32 Å². The summed E-state index contributed by atoms with van der Waals surface area (Å²) in [6.07, 6.45) is 0.150. The van der Waals surface area contributed by atoms with Crippen LogP contribution < -0.4 is 19.5 Å². The van der Waals surface area contributed by atoms with Gasteiger partial charge in [0.05, 0.1) is 20.3 Å². The molecule has 0 saturated carbocycles. The van der Waals surface area contributed by atoms with E-state index in [9.17, 15) is 4.79 Å². The lowest BCUT2D eigenvalue weighted by Crippen LogP contribution is -2.38. The fourth-order valence-electron chi connectivity index (χ4n) is 2.88. The van der Waals surface area contributed by atoms with Crippen LogP contribution >= 0.6 is 0 Å². The van der Waals surface area contributed by atoms with Gasteiger partial charge in [0.1, 0.15) is 5.75 Å². The number of hydrogen-bond donors (Lipinski definition) is 1. The van der Waals surface area contributed by atoms with Gasteiger partial charge in [-0.2, -0.15) is 0 Å². The Morgan fingerprint density at radius 1 is 1.04 bits per heavy atom. The summed E-state index contributed by atoms with van der Waals surface area (Å²) in [7, 11) is 3.20. The van der Waals surface area contributed by atoms with Gasteiger partial charge in [0, 0.05) is 0 Å². The third kappa shape index (κ3) is 4.94. The van der Waals surface area contributed by atoms with Crippen LogP contribution in [0.25, 0.3) is 0 Å². The van der Waals surface area contributed by atoms with Gasteiger partial charge in [-0.05, 0) is 62.1 Å². The lowest BCUT2D eigenvalue weighted by molar-refractivity contribution is -0.128. The Labute approximate surface area is 161 Å². The lowest BCUT2D eigenvalue weighted by Gasteiger charge is -2.22. The summed E-state index contributed by atoms with van der Waals surface area (Å²) in [5.74, 6) is 1.88. The lowest BCUT2D eigenvalue weighted by atomic mass is 10.0. The van der Waals surface area contributed by atoms with E-state index in [0.717, 1.165) is 28.9 Å². The minimum absolute atomic E-state index is 0.137. The number of methoxy groups -OCH3 is 2. The maximum Gasteiger partial charge on any atom is 0.261 e. The van der Waals surface area contributed by atoms with Crippen molar-refractivity contribution in [2.75, 3.05) is 14.2 Å². The van der Waals surface area contributed by atoms with E-state index in [1.165, 1.54) is 0 Å². The second kappa shape index (κ2) is 9.31. The number of aryl methyl sites for hydroxylation is 1. The molecule has 2 aromatic rings. The number of nitrogens with one attached hydrogen (secondary N) is 1. The normalized spacial score (nSPS) is 12.8. The van der Waals surface area contributed by atoms with E-state index in [-0.39, 0.29) is 11.9 Å². The number of carbonyl (C=O) groups is 1. The molecule has 1 amide bonds. The van der Waals surface area contributed by atoms with Crippen molar-refractivity contribution in [1.29, 1.82) is 0 Å². The highest BCUT2D eigenvalue weighted by Crippen LogP contribution is 2.31. The summed E-state index contributed by atoms with van der Waals surface area (Å²) in [6, 6.07) is 11.4. The highest BCUT2D eigenvalue weighted by molar-refractivity contribution is 5.81. The minimum Gasteiger partial charge on any atom is -0.493 e. The van der Waals surface area contributed by atoms with E-state index in [0.29, 0.717) is 11.5 Å². The summed E-state index contributed by atoms with van der Waals surface area (Å²) in [5, 5.41) is 3.07. The van der Waals surface area contributed by atoms with Gasteiger partial charge < -0.3 is 19.5 Å². The highest BCUT2D eigenvalue weighted by Gasteiger charge is 2.21. The Morgan fingerprint density at radius 3 is 2.37 bits per heavy atom. The topological polar surface area (TPSA) is 56.8 Å². The number of amides is 1. The van der Waals surface area contributed by atoms with Crippen LogP contribution in [0.1, 0.15) is 43.0 Å². The molecule has 5 heteroatoms. The molecule has 0 spiro atoms. The summed E-state index contributed by atoms with van der Waals surface area (Å²) in [6.45, 7) is 7.81. The average Bonchev–Trinajstić information content (AvgIpc) is 2.68. The second-order valence-electron chi connectivity index (χ2n) is 6.54. The predicted molar refractivity (Wildman–Crippen MR) is 107 cm³/mol. The molecule has 0 aliphatic carbocycles. The van der Waals surface area contributed by atoms with Crippen molar-refractivity contribution in [3.8, 4) is 17.2 Å². The van der Waals surface area contributed by atoms with E-state index in [4.69, 9.17) is 14.2 Å². The Kier molecular flexibility index (Phi) is 7.11. The first-order valence-electron chi connectivity index (χ1n) is 9.16. The first-order valence-corrected chi connectivity index (χ1v) is 9.16. The van der Waals surface area contributed by atoms with Crippen LogP contribution in [0, 0.1) is 13.8 Å². The molecule has 0 fully saturated rings. The molecule has 0 heterocycles. The number of benzene rings is 2. The van der Waals surface area contributed by atoms with Crippen molar-refractivity contribution in [3.05, 3.63) is 53.1 Å². The van der Waals surface area contributed by atoms with Crippen molar-refractivity contribution < 1.29 is 19.0 Å². The molecule has 27 heavy (non-hydrogen) atoms. The maximum atomic E-state index is 12.7. The molecule has 2 aromatic carbocycles. The van der Waals surface area contributed by atoms with Crippen LogP contribution in [0.5, 0.6) is 17.2 Å². The Bertz CT molecular complexity index is 788. The number of hydrogen-bond acceptors (Lipinski definition) is 4. The molecule has 0 aromatic heterocycles. The number of ether oxygens (including phenoxy) is 3. The van der Waals surface area contributed by atoms with Crippen LogP contribution in [-0.4, -0.2) is 26.2 Å². The SMILES string of the molecule is CC[C@H](NC(=O)[C@H](C)Oc1cccc(C)c1C)c1ccc(OC)c(OC)c1. The van der Waals surface area contributed by atoms with E-state index < -0.39 is 6.10 Å². The third-order valence-corrected chi connectivity index (χ3v) is 4.76. The van der Waals surface area contributed by atoms with E-state index in [1.54, 1.807) is 21.1 Å². The zero-order valence-electron chi connectivity index (χ0n) is 17.0. The van der Waals surface area contributed by atoms with E-state index in [1.807, 2.05) is 57.2 Å². The summed E-state index contributed by atoms with van der Waals surface area (Å²) in [5.41, 5.74) is 3.14. The van der Waals surface area contributed by atoms with Gasteiger partial charge in [0.25, 0.3) is 5.91 Å². The molecule has 0 bridgehead atoms. The van der Waals surface area contributed by atoms with Gasteiger partial charge in [0.15, 0.2) is 17.6 Å². The molecule has 0 saturated heterocycles. The summed E-state index contributed by atoms with van der Waals surface area (Å²) >= 11 is 0. The smallest absolute Gasteiger partial charge is 0.261 e. The molecule has 5 nitrogen and oxygen atoms in total. The Morgan fingerprint density at radius 2 is 1.74 bits per heavy atom. The second-order valence-corrected chi connectivity index (χ2v) is 6.54. The molecule has 1 N–H and O–H groups in total. The minimum atomic E-state index is -0.598. The zero-order chi connectivity index (χ0) is 20.0. The van der Waals surface area contributed by atoms with Crippen molar-refractivity contribution in [2.45, 2.75) is 46.3 Å². The Balaban J connectivity index is 2.11. The van der Waals surface area contributed by atoms with Gasteiger partial charge in [-0.3, -0.25) is 4.79 Å². The van der Waals surface area contributed by atoms with Gasteiger partial charge in [-0.1, -0.05) is 25.1 Å². The summed E-state index contributed by atoms with van der Waals surface area (Å²) < 4.78 is 16.5. The molecule has 2 rings (SSSR count). The van der Waals surface area contributed by atoms with Gasteiger partial charge in [-0.25, -0.2) is 0 Å². The number of carbonyl (C=O) groups excluding carboxylic acids is 1. The van der Waals surface area contributed by atoms with Crippen molar-refractivity contribution in [2.24, 2.45) is 0 Å². The van der Waals surface area contributed by atoms with Crippen molar-refractivity contribution >= 4 is 5.91 Å². The molecule has 146 valence electrons. The largest absolute Gasteiger partial charge is 0.493 e. The fourth-order valence-corrected chi connectivity index (χ4v) is 2.88. The molecule has 0 unspecified atom stereocenters. The van der Waals surface area contributed by atoms with Crippen LogP contribution in [0.15, 0.2) is 36.4 Å². The fraction of sp³-hybridized carbons (Fsp3) is 0.409. The standard InChI is InChI=1S/C22H29NO4/c1-7-18(17-11-12-20(25-5)21(13-17)26-6)23-22(24)16(4)27-19-10-8-9-14(2)15(19)3/h8-13,16,18H,7H2,1-6H3,(H,23,24)/t16-,18-/m0/s1. The zero-order valence-corrected chi connectivity index (χ0v) is 17.0. The average molecular weight is 371 g/mol.